The summed E-state index contributed by atoms with van der Waals surface area (Å²) in [5.74, 6) is -0.459. The average Bonchev–Trinajstić information content (AvgIpc) is 2.44. The zero-order chi connectivity index (χ0) is 16.1. The summed E-state index contributed by atoms with van der Waals surface area (Å²) in [7, 11) is 1.60. The molecule has 0 saturated heterocycles. The van der Waals surface area contributed by atoms with Crippen molar-refractivity contribution in [3.63, 3.8) is 0 Å². The Morgan fingerprint density at radius 1 is 1.43 bits per heavy atom. The van der Waals surface area contributed by atoms with Crippen LogP contribution in [0.25, 0.3) is 0 Å². The van der Waals surface area contributed by atoms with Gasteiger partial charge in [0.15, 0.2) is 5.78 Å². The third kappa shape index (κ3) is 10.4. The van der Waals surface area contributed by atoms with Crippen LogP contribution < -0.4 is 11.1 Å². The minimum Gasteiger partial charge on any atom is -0.508 e. The molecule has 0 atom stereocenters. The van der Waals surface area contributed by atoms with E-state index in [1.54, 1.807) is 7.11 Å². The highest BCUT2D eigenvalue weighted by molar-refractivity contribution is 5.92. The third-order valence-electron chi connectivity index (χ3n) is 2.37. The highest BCUT2D eigenvalue weighted by Crippen LogP contribution is 2.13. The number of methoxy groups -OCH3 is 1. The molecule has 0 aliphatic carbocycles. The van der Waals surface area contributed by atoms with Crippen LogP contribution >= 0.6 is 0 Å². The average molecular weight is 296 g/mol. The first-order valence-electron chi connectivity index (χ1n) is 6.51. The molecule has 0 aromatic carbocycles. The number of ketones is 1. The van der Waals surface area contributed by atoms with E-state index in [-0.39, 0.29) is 24.6 Å². The largest absolute Gasteiger partial charge is 0.508 e. The van der Waals surface area contributed by atoms with E-state index < -0.39 is 0 Å². The standard InChI is InChI=1S/C15H24N2O4/c1-4-17-10-14(16)8-13(12(2)18)9-15(19)11-21-7-5-6-20-3/h4,9-10,17-18H,1-2,5-8,11,16H2,3H3/b13-9-,14-10-. The van der Waals surface area contributed by atoms with Crippen molar-refractivity contribution in [3.05, 3.63) is 48.7 Å². The van der Waals surface area contributed by atoms with Crippen LogP contribution in [0.3, 0.4) is 0 Å². The van der Waals surface area contributed by atoms with Crippen LogP contribution in [0.5, 0.6) is 0 Å². The highest BCUT2D eigenvalue weighted by atomic mass is 16.5. The van der Waals surface area contributed by atoms with Gasteiger partial charge in [0.25, 0.3) is 0 Å². The highest BCUT2D eigenvalue weighted by Gasteiger charge is 2.07. The molecule has 0 unspecified atom stereocenters. The number of carbonyl (C=O) groups excluding carboxylic acids is 1. The molecule has 0 aliphatic heterocycles. The van der Waals surface area contributed by atoms with Crippen molar-refractivity contribution in [2.75, 3.05) is 26.9 Å². The topological polar surface area (TPSA) is 93.8 Å². The molecule has 0 heterocycles. The number of carbonyl (C=O) groups is 1. The van der Waals surface area contributed by atoms with Gasteiger partial charge in [0.05, 0.1) is 0 Å². The van der Waals surface area contributed by atoms with Crippen molar-refractivity contribution in [3.8, 4) is 0 Å². The lowest BCUT2D eigenvalue weighted by Crippen LogP contribution is -2.10. The molecule has 0 aliphatic rings. The quantitative estimate of drug-likeness (QED) is 0.219. The molecule has 0 bridgehead atoms. The molecule has 21 heavy (non-hydrogen) atoms. The number of allylic oxidation sites excluding steroid dienone is 2. The summed E-state index contributed by atoms with van der Waals surface area (Å²) in [6.07, 6.45) is 5.19. The molecule has 6 nitrogen and oxygen atoms in total. The maximum absolute atomic E-state index is 11.7. The first kappa shape index (κ1) is 18.9. The zero-order valence-corrected chi connectivity index (χ0v) is 12.4. The Bertz CT molecular complexity index is 414. The molecule has 4 N–H and O–H groups in total. The van der Waals surface area contributed by atoms with Gasteiger partial charge in [-0.3, -0.25) is 4.79 Å². The van der Waals surface area contributed by atoms with E-state index in [0.29, 0.717) is 24.5 Å². The Morgan fingerprint density at radius 2 is 2.14 bits per heavy atom. The Morgan fingerprint density at radius 3 is 2.71 bits per heavy atom. The van der Waals surface area contributed by atoms with E-state index in [9.17, 15) is 9.90 Å². The Labute approximate surface area is 125 Å². The summed E-state index contributed by atoms with van der Waals surface area (Å²) in [5.41, 5.74) is 6.51. The Hall–Kier alpha value is -2.05. The second-order valence-corrected chi connectivity index (χ2v) is 4.25. The predicted octanol–water partition coefficient (Wildman–Crippen LogP) is 1.53. The molecule has 0 aromatic rings. The van der Waals surface area contributed by atoms with Gasteiger partial charge in [-0.1, -0.05) is 13.2 Å². The van der Waals surface area contributed by atoms with Gasteiger partial charge in [0.1, 0.15) is 12.4 Å². The Kier molecular flexibility index (Phi) is 10.6. The first-order valence-corrected chi connectivity index (χ1v) is 6.51. The number of nitrogens with two attached hydrogens (primary N) is 1. The molecule has 0 radical (unpaired) electrons. The second kappa shape index (κ2) is 11.7. The summed E-state index contributed by atoms with van der Waals surface area (Å²) >= 11 is 0. The van der Waals surface area contributed by atoms with Crippen molar-refractivity contribution in [2.45, 2.75) is 12.8 Å². The number of hydrogen-bond acceptors (Lipinski definition) is 6. The number of aliphatic hydroxyl groups excluding tert-OH is 1. The van der Waals surface area contributed by atoms with Gasteiger partial charge in [-0.05, 0) is 18.7 Å². The van der Waals surface area contributed by atoms with Crippen LogP contribution in [-0.2, 0) is 14.3 Å². The van der Waals surface area contributed by atoms with Gasteiger partial charge < -0.3 is 25.6 Å². The lowest BCUT2D eigenvalue weighted by molar-refractivity contribution is -0.119. The molecule has 0 aromatic heterocycles. The minimum atomic E-state index is -0.262. The maximum Gasteiger partial charge on any atom is 0.181 e. The molecule has 118 valence electrons. The monoisotopic (exact) mass is 296 g/mol. The fourth-order valence-corrected chi connectivity index (χ4v) is 1.39. The summed E-state index contributed by atoms with van der Waals surface area (Å²) < 4.78 is 10.1. The van der Waals surface area contributed by atoms with Gasteiger partial charge in [0, 0.05) is 44.2 Å². The SMILES string of the molecule is C=CN/C=C(\N)C/C(=C/C(=O)COCCCOC)C(=C)O. The van der Waals surface area contributed by atoms with Crippen LogP contribution in [-0.4, -0.2) is 37.8 Å². The first-order chi connectivity index (χ1) is 10.0. The molecule has 0 saturated carbocycles. The summed E-state index contributed by atoms with van der Waals surface area (Å²) in [6.45, 7) is 7.86. The van der Waals surface area contributed by atoms with E-state index in [2.05, 4.69) is 18.5 Å². The van der Waals surface area contributed by atoms with Crippen LogP contribution in [0.2, 0.25) is 0 Å². The lowest BCUT2D eigenvalue weighted by atomic mass is 10.1. The summed E-state index contributed by atoms with van der Waals surface area (Å²) in [6, 6.07) is 0. The van der Waals surface area contributed by atoms with E-state index in [1.165, 1.54) is 18.5 Å². The lowest BCUT2D eigenvalue weighted by Gasteiger charge is -2.07. The maximum atomic E-state index is 11.7. The molecular weight excluding hydrogens is 272 g/mol. The molecular formula is C15H24N2O4. The second-order valence-electron chi connectivity index (χ2n) is 4.25. The van der Waals surface area contributed by atoms with E-state index in [4.69, 9.17) is 15.2 Å². The summed E-state index contributed by atoms with van der Waals surface area (Å²) in [4.78, 5) is 11.7. The van der Waals surface area contributed by atoms with Crippen molar-refractivity contribution in [1.29, 1.82) is 0 Å². The molecule has 0 fully saturated rings. The third-order valence-corrected chi connectivity index (χ3v) is 2.37. The van der Waals surface area contributed by atoms with Gasteiger partial charge >= 0.3 is 0 Å². The number of rotatable bonds is 12. The number of hydrogen-bond donors (Lipinski definition) is 3. The fourth-order valence-electron chi connectivity index (χ4n) is 1.39. The summed E-state index contributed by atoms with van der Waals surface area (Å²) in [5, 5.41) is 12.2. The van der Waals surface area contributed by atoms with Crippen LogP contribution in [0.15, 0.2) is 48.7 Å². The number of ether oxygens (including phenoxy) is 2. The Balaban J connectivity index is 4.40. The molecule has 0 rings (SSSR count). The normalized spacial score (nSPS) is 12.0. The molecule has 0 spiro atoms. The zero-order valence-electron chi connectivity index (χ0n) is 12.4. The molecule has 0 amide bonds. The van der Waals surface area contributed by atoms with Crippen LogP contribution in [0.1, 0.15) is 12.8 Å². The fraction of sp³-hybridized carbons (Fsp3) is 0.400. The predicted molar refractivity (Wildman–Crippen MR) is 82.4 cm³/mol. The van der Waals surface area contributed by atoms with Gasteiger partial charge in [-0.25, -0.2) is 0 Å². The smallest absolute Gasteiger partial charge is 0.181 e. The van der Waals surface area contributed by atoms with Gasteiger partial charge in [-0.15, -0.1) is 0 Å². The molecule has 6 heteroatoms. The van der Waals surface area contributed by atoms with Crippen LogP contribution in [0.4, 0.5) is 0 Å². The van der Waals surface area contributed by atoms with Crippen molar-refractivity contribution in [2.24, 2.45) is 5.73 Å². The van der Waals surface area contributed by atoms with E-state index in [0.717, 1.165) is 6.42 Å². The van der Waals surface area contributed by atoms with Crippen LogP contribution in [0, 0.1) is 0 Å². The minimum absolute atomic E-state index is 0.0605. The van der Waals surface area contributed by atoms with E-state index in [1.807, 2.05) is 0 Å². The number of aliphatic hydroxyl groups is 1. The van der Waals surface area contributed by atoms with E-state index >= 15 is 0 Å². The number of nitrogens with one attached hydrogen (secondary N) is 1. The van der Waals surface area contributed by atoms with Gasteiger partial charge in [-0.2, -0.15) is 0 Å². The van der Waals surface area contributed by atoms with Crippen molar-refractivity contribution in [1.82, 2.24) is 5.32 Å². The van der Waals surface area contributed by atoms with Crippen molar-refractivity contribution < 1.29 is 19.4 Å². The van der Waals surface area contributed by atoms with Crippen molar-refractivity contribution >= 4 is 5.78 Å². The van der Waals surface area contributed by atoms with Gasteiger partial charge in [0.2, 0.25) is 0 Å².